The first-order valence-electron chi connectivity index (χ1n) is 7.73. The lowest BCUT2D eigenvalue weighted by atomic mass is 10.0. The Morgan fingerprint density at radius 3 is 2.90 bits per heavy atom. The standard InChI is InChI=1S/C17H23N3O/c1-21-13-8-7-12-9-10-19-17(14(12)11-13)20-16-6-4-2-3-5-15(16)18/h7-11,15-16H,2-6,18H2,1H3,(H,19,20). The van der Waals surface area contributed by atoms with Crippen LogP contribution in [0, 0.1) is 0 Å². The molecule has 0 saturated heterocycles. The molecule has 0 radical (unpaired) electrons. The van der Waals surface area contributed by atoms with E-state index < -0.39 is 0 Å². The van der Waals surface area contributed by atoms with Crippen molar-refractivity contribution in [1.29, 1.82) is 0 Å². The molecule has 1 heterocycles. The third-order valence-corrected chi connectivity index (χ3v) is 4.36. The van der Waals surface area contributed by atoms with Gasteiger partial charge in [0.15, 0.2) is 0 Å². The highest BCUT2D eigenvalue weighted by molar-refractivity contribution is 5.92. The van der Waals surface area contributed by atoms with Crippen LogP contribution in [0.2, 0.25) is 0 Å². The van der Waals surface area contributed by atoms with Crippen LogP contribution in [0.15, 0.2) is 30.5 Å². The predicted molar refractivity (Wildman–Crippen MR) is 86.8 cm³/mol. The van der Waals surface area contributed by atoms with Crippen molar-refractivity contribution in [3.8, 4) is 5.75 Å². The molecule has 1 fully saturated rings. The lowest BCUT2D eigenvalue weighted by molar-refractivity contribution is 0.415. The molecule has 3 N–H and O–H groups in total. The molecule has 3 rings (SSSR count). The zero-order valence-electron chi connectivity index (χ0n) is 12.5. The summed E-state index contributed by atoms with van der Waals surface area (Å²) in [4.78, 5) is 4.52. The minimum absolute atomic E-state index is 0.204. The van der Waals surface area contributed by atoms with Gasteiger partial charge in [0.25, 0.3) is 0 Å². The van der Waals surface area contributed by atoms with Gasteiger partial charge in [0.1, 0.15) is 11.6 Å². The highest BCUT2D eigenvalue weighted by Gasteiger charge is 2.21. The quantitative estimate of drug-likeness (QED) is 0.849. The Labute approximate surface area is 125 Å². The number of pyridine rings is 1. The fraction of sp³-hybridized carbons (Fsp3) is 0.471. The van der Waals surface area contributed by atoms with E-state index in [0.29, 0.717) is 6.04 Å². The van der Waals surface area contributed by atoms with E-state index in [0.717, 1.165) is 35.2 Å². The van der Waals surface area contributed by atoms with E-state index in [2.05, 4.69) is 16.4 Å². The third-order valence-electron chi connectivity index (χ3n) is 4.36. The van der Waals surface area contributed by atoms with Gasteiger partial charge < -0.3 is 15.8 Å². The summed E-state index contributed by atoms with van der Waals surface area (Å²) in [7, 11) is 1.69. The Morgan fingerprint density at radius 2 is 2.05 bits per heavy atom. The first-order chi connectivity index (χ1) is 10.3. The summed E-state index contributed by atoms with van der Waals surface area (Å²) in [5, 5.41) is 5.83. The van der Waals surface area contributed by atoms with Crippen molar-refractivity contribution in [3.05, 3.63) is 30.5 Å². The fourth-order valence-electron chi connectivity index (χ4n) is 3.08. The number of ether oxygens (including phenoxy) is 1. The van der Waals surface area contributed by atoms with Crippen LogP contribution in [0.5, 0.6) is 5.75 Å². The number of nitrogens with two attached hydrogens (primary N) is 1. The van der Waals surface area contributed by atoms with Crippen molar-refractivity contribution in [3.63, 3.8) is 0 Å². The summed E-state index contributed by atoms with van der Waals surface area (Å²) in [6, 6.07) is 8.60. The zero-order valence-corrected chi connectivity index (χ0v) is 12.5. The van der Waals surface area contributed by atoms with Gasteiger partial charge in [-0.15, -0.1) is 0 Å². The van der Waals surface area contributed by atoms with Crippen molar-refractivity contribution >= 4 is 16.6 Å². The van der Waals surface area contributed by atoms with Gasteiger partial charge in [0, 0.05) is 23.7 Å². The molecule has 112 valence electrons. The number of hydrogen-bond donors (Lipinski definition) is 2. The number of hydrogen-bond acceptors (Lipinski definition) is 4. The van der Waals surface area contributed by atoms with Gasteiger partial charge in [-0.3, -0.25) is 0 Å². The second kappa shape index (κ2) is 6.31. The molecular formula is C17H23N3O. The molecule has 4 nitrogen and oxygen atoms in total. The first kappa shape index (κ1) is 14.1. The minimum atomic E-state index is 0.204. The molecule has 4 heteroatoms. The minimum Gasteiger partial charge on any atom is -0.497 e. The van der Waals surface area contributed by atoms with E-state index in [-0.39, 0.29) is 6.04 Å². The van der Waals surface area contributed by atoms with Crippen molar-refractivity contribution in [1.82, 2.24) is 4.98 Å². The van der Waals surface area contributed by atoms with Crippen molar-refractivity contribution in [2.24, 2.45) is 5.73 Å². The Kier molecular flexibility index (Phi) is 4.25. The Morgan fingerprint density at radius 1 is 1.19 bits per heavy atom. The molecule has 21 heavy (non-hydrogen) atoms. The first-order valence-corrected chi connectivity index (χ1v) is 7.73. The second-order valence-corrected chi connectivity index (χ2v) is 5.80. The Balaban J connectivity index is 1.92. The SMILES string of the molecule is COc1ccc2ccnc(NC3CCCCCC3N)c2c1. The lowest BCUT2D eigenvalue weighted by Crippen LogP contribution is -2.39. The maximum absolute atomic E-state index is 6.31. The van der Waals surface area contributed by atoms with Gasteiger partial charge in [0.2, 0.25) is 0 Å². The summed E-state index contributed by atoms with van der Waals surface area (Å²) in [6.07, 6.45) is 7.80. The topological polar surface area (TPSA) is 60.2 Å². The van der Waals surface area contributed by atoms with E-state index in [1.54, 1.807) is 7.11 Å². The fourth-order valence-corrected chi connectivity index (χ4v) is 3.08. The van der Waals surface area contributed by atoms with E-state index in [4.69, 9.17) is 10.5 Å². The van der Waals surface area contributed by atoms with E-state index in [9.17, 15) is 0 Å². The number of nitrogens with zero attached hydrogens (tertiary/aromatic N) is 1. The molecule has 1 aromatic heterocycles. The number of benzene rings is 1. The van der Waals surface area contributed by atoms with Crippen LogP contribution >= 0.6 is 0 Å². The Hall–Kier alpha value is -1.81. The molecule has 0 spiro atoms. The van der Waals surface area contributed by atoms with Gasteiger partial charge in [-0.25, -0.2) is 4.98 Å². The molecular weight excluding hydrogens is 262 g/mol. The van der Waals surface area contributed by atoms with Crippen LogP contribution in [0.4, 0.5) is 5.82 Å². The van der Waals surface area contributed by atoms with Gasteiger partial charge in [-0.1, -0.05) is 25.3 Å². The van der Waals surface area contributed by atoms with Gasteiger partial charge in [-0.05, 0) is 36.4 Å². The average Bonchev–Trinajstić information content (AvgIpc) is 2.72. The summed E-state index contributed by atoms with van der Waals surface area (Å²) >= 11 is 0. The van der Waals surface area contributed by atoms with E-state index in [1.165, 1.54) is 19.3 Å². The molecule has 0 aliphatic heterocycles. The Bertz CT molecular complexity index is 614. The largest absolute Gasteiger partial charge is 0.497 e. The molecule has 1 aliphatic rings. The van der Waals surface area contributed by atoms with Crippen LogP contribution in [0.25, 0.3) is 10.8 Å². The van der Waals surface area contributed by atoms with Crippen LogP contribution in [-0.2, 0) is 0 Å². The summed E-state index contributed by atoms with van der Waals surface area (Å²) in [5.74, 6) is 1.76. The predicted octanol–water partition coefficient (Wildman–Crippen LogP) is 3.32. The molecule has 1 aromatic carbocycles. The van der Waals surface area contributed by atoms with E-state index >= 15 is 0 Å². The van der Waals surface area contributed by atoms with Crippen molar-refractivity contribution in [2.75, 3.05) is 12.4 Å². The van der Waals surface area contributed by atoms with Gasteiger partial charge >= 0.3 is 0 Å². The summed E-state index contributed by atoms with van der Waals surface area (Å²) < 4.78 is 5.33. The van der Waals surface area contributed by atoms with Crippen LogP contribution < -0.4 is 15.8 Å². The van der Waals surface area contributed by atoms with Crippen molar-refractivity contribution < 1.29 is 4.74 Å². The number of aromatic nitrogens is 1. The highest BCUT2D eigenvalue weighted by Crippen LogP contribution is 2.28. The maximum atomic E-state index is 6.31. The normalized spacial score (nSPS) is 22.8. The average molecular weight is 285 g/mol. The summed E-state index contributed by atoms with van der Waals surface area (Å²) in [6.45, 7) is 0. The molecule has 0 amide bonds. The second-order valence-electron chi connectivity index (χ2n) is 5.80. The number of fused-ring (bicyclic) bond motifs is 1. The maximum Gasteiger partial charge on any atom is 0.134 e. The monoisotopic (exact) mass is 285 g/mol. The smallest absolute Gasteiger partial charge is 0.134 e. The number of nitrogens with one attached hydrogen (secondary N) is 1. The van der Waals surface area contributed by atoms with Gasteiger partial charge in [-0.2, -0.15) is 0 Å². The highest BCUT2D eigenvalue weighted by atomic mass is 16.5. The number of anilines is 1. The molecule has 2 aromatic rings. The molecule has 2 unspecified atom stereocenters. The molecule has 0 bridgehead atoms. The van der Waals surface area contributed by atoms with Gasteiger partial charge in [0.05, 0.1) is 7.11 Å². The van der Waals surface area contributed by atoms with Crippen LogP contribution in [0.3, 0.4) is 0 Å². The molecule has 2 atom stereocenters. The lowest BCUT2D eigenvalue weighted by Gasteiger charge is -2.24. The van der Waals surface area contributed by atoms with Crippen molar-refractivity contribution in [2.45, 2.75) is 44.2 Å². The zero-order chi connectivity index (χ0) is 14.7. The van der Waals surface area contributed by atoms with Crippen LogP contribution in [-0.4, -0.2) is 24.2 Å². The number of methoxy groups -OCH3 is 1. The molecule has 1 aliphatic carbocycles. The van der Waals surface area contributed by atoms with E-state index in [1.807, 2.05) is 24.4 Å². The third kappa shape index (κ3) is 3.10. The molecule has 1 saturated carbocycles. The van der Waals surface area contributed by atoms with Crippen LogP contribution in [0.1, 0.15) is 32.1 Å². The number of rotatable bonds is 3. The summed E-state index contributed by atoms with van der Waals surface area (Å²) in [5.41, 5.74) is 6.31.